The number of hydrogen-bond donors (Lipinski definition) is 1. The molecule has 136 valence electrons. The molecule has 1 aromatic carbocycles. The molecule has 1 aromatic heterocycles. The number of amides is 2. The Morgan fingerprint density at radius 2 is 1.73 bits per heavy atom. The summed E-state index contributed by atoms with van der Waals surface area (Å²) in [7, 11) is 0. The van der Waals surface area contributed by atoms with E-state index in [9.17, 15) is 9.59 Å². The molecule has 0 atom stereocenters. The average molecular weight is 374 g/mol. The predicted molar refractivity (Wildman–Crippen MR) is 100 cm³/mol. The van der Waals surface area contributed by atoms with Gasteiger partial charge in [-0.2, -0.15) is 0 Å². The van der Waals surface area contributed by atoms with Crippen molar-refractivity contribution in [2.45, 2.75) is 13.3 Å². The summed E-state index contributed by atoms with van der Waals surface area (Å²) in [5.74, 6) is 0.756. The highest BCUT2D eigenvalue weighted by Gasteiger charge is 2.22. The van der Waals surface area contributed by atoms with E-state index < -0.39 is 0 Å². The predicted octanol–water partition coefficient (Wildman–Crippen LogP) is 1.98. The lowest BCUT2D eigenvalue weighted by Crippen LogP contribution is -2.49. The van der Waals surface area contributed by atoms with Gasteiger partial charge in [-0.05, 0) is 29.8 Å². The second-order valence-corrected chi connectivity index (χ2v) is 6.52. The van der Waals surface area contributed by atoms with Crippen LogP contribution in [0.5, 0.6) is 0 Å². The van der Waals surface area contributed by atoms with Gasteiger partial charge in [0.2, 0.25) is 11.8 Å². The number of benzene rings is 1. The summed E-state index contributed by atoms with van der Waals surface area (Å²) in [5, 5.41) is 11.0. The topological polar surface area (TPSA) is 78.4 Å². The second kappa shape index (κ2) is 8.14. The minimum absolute atomic E-state index is 0.0964. The third-order valence-corrected chi connectivity index (χ3v) is 4.41. The lowest BCUT2D eigenvalue weighted by atomic mass is 10.1. The molecule has 26 heavy (non-hydrogen) atoms. The van der Waals surface area contributed by atoms with Crippen LogP contribution in [0, 0.1) is 0 Å². The number of aromatic nitrogens is 2. The third kappa shape index (κ3) is 4.70. The van der Waals surface area contributed by atoms with Gasteiger partial charge in [0.1, 0.15) is 0 Å². The highest BCUT2D eigenvalue weighted by atomic mass is 35.5. The molecule has 1 fully saturated rings. The third-order valence-electron chi connectivity index (χ3n) is 4.20. The van der Waals surface area contributed by atoms with Gasteiger partial charge in [0.05, 0.1) is 6.42 Å². The molecule has 0 bridgehead atoms. The summed E-state index contributed by atoms with van der Waals surface area (Å²) >= 11 is 5.76. The Labute approximate surface area is 157 Å². The zero-order valence-corrected chi connectivity index (χ0v) is 15.2. The number of halogens is 1. The number of piperazine rings is 1. The van der Waals surface area contributed by atoms with Gasteiger partial charge in [0.15, 0.2) is 11.0 Å². The van der Waals surface area contributed by atoms with E-state index in [1.165, 1.54) is 6.92 Å². The lowest BCUT2D eigenvalue weighted by molar-refractivity contribution is -0.130. The Balaban J connectivity index is 1.52. The average Bonchev–Trinajstić information content (AvgIpc) is 2.64. The Bertz CT molecular complexity index is 771. The second-order valence-electron chi connectivity index (χ2n) is 6.14. The van der Waals surface area contributed by atoms with E-state index in [1.54, 1.807) is 18.2 Å². The van der Waals surface area contributed by atoms with E-state index in [1.807, 2.05) is 23.1 Å². The monoisotopic (exact) mass is 373 g/mol. The zero-order chi connectivity index (χ0) is 18.5. The molecule has 0 aliphatic carbocycles. The van der Waals surface area contributed by atoms with Crippen molar-refractivity contribution in [2.75, 3.05) is 36.4 Å². The van der Waals surface area contributed by atoms with E-state index >= 15 is 0 Å². The highest BCUT2D eigenvalue weighted by Crippen LogP contribution is 2.16. The fraction of sp³-hybridized carbons (Fsp3) is 0.333. The molecular formula is C18H20ClN5O2. The van der Waals surface area contributed by atoms with Crippen molar-refractivity contribution >= 4 is 34.9 Å². The van der Waals surface area contributed by atoms with Crippen LogP contribution in [-0.4, -0.2) is 53.1 Å². The largest absolute Gasteiger partial charge is 0.352 e. The molecule has 1 saturated heterocycles. The van der Waals surface area contributed by atoms with Crippen LogP contribution >= 0.6 is 11.6 Å². The van der Waals surface area contributed by atoms with Gasteiger partial charge in [0.25, 0.3) is 0 Å². The number of hydrogen-bond acceptors (Lipinski definition) is 5. The van der Waals surface area contributed by atoms with E-state index in [2.05, 4.69) is 20.4 Å². The van der Waals surface area contributed by atoms with Crippen molar-refractivity contribution in [1.82, 2.24) is 15.1 Å². The van der Waals surface area contributed by atoms with Crippen LogP contribution in [0.4, 0.5) is 11.5 Å². The van der Waals surface area contributed by atoms with Gasteiger partial charge >= 0.3 is 0 Å². The molecule has 1 aliphatic rings. The molecule has 3 rings (SSSR count). The number of rotatable bonds is 4. The number of carbonyl (C=O) groups excluding carboxylic acids is 2. The highest BCUT2D eigenvalue weighted by molar-refractivity contribution is 6.29. The summed E-state index contributed by atoms with van der Waals surface area (Å²) in [6.07, 6.45) is 0.348. The Kier molecular flexibility index (Phi) is 5.68. The van der Waals surface area contributed by atoms with Crippen LogP contribution in [0.2, 0.25) is 5.15 Å². The molecule has 0 unspecified atom stereocenters. The van der Waals surface area contributed by atoms with E-state index in [-0.39, 0.29) is 11.8 Å². The quantitative estimate of drug-likeness (QED) is 0.886. The molecule has 8 heteroatoms. The molecule has 1 N–H and O–H groups in total. The molecule has 7 nitrogen and oxygen atoms in total. The van der Waals surface area contributed by atoms with Crippen molar-refractivity contribution in [3.63, 3.8) is 0 Å². The van der Waals surface area contributed by atoms with E-state index in [0.29, 0.717) is 37.8 Å². The smallest absolute Gasteiger partial charge is 0.227 e. The van der Waals surface area contributed by atoms with Crippen molar-refractivity contribution in [3.05, 3.63) is 47.1 Å². The number of nitrogens with zero attached hydrogens (tertiary/aromatic N) is 4. The Morgan fingerprint density at radius 3 is 2.31 bits per heavy atom. The first-order chi connectivity index (χ1) is 12.5. The van der Waals surface area contributed by atoms with Gasteiger partial charge in [-0.1, -0.05) is 23.7 Å². The standard InChI is InChI=1S/C18H20ClN5O2/c1-13(25)20-15-4-2-14(3-5-15)12-18(26)24-10-8-23(9-11-24)17-7-6-16(19)21-22-17/h2-7H,8-12H2,1H3,(H,20,25). The van der Waals surface area contributed by atoms with Crippen LogP contribution in [0.1, 0.15) is 12.5 Å². The van der Waals surface area contributed by atoms with Crippen LogP contribution in [0.15, 0.2) is 36.4 Å². The Hall–Kier alpha value is -2.67. The summed E-state index contributed by atoms with van der Waals surface area (Å²) in [4.78, 5) is 27.5. The minimum Gasteiger partial charge on any atom is -0.352 e. The van der Waals surface area contributed by atoms with Crippen LogP contribution in [0.3, 0.4) is 0 Å². The van der Waals surface area contributed by atoms with Crippen molar-refractivity contribution in [1.29, 1.82) is 0 Å². The number of nitrogens with one attached hydrogen (secondary N) is 1. The first-order valence-electron chi connectivity index (χ1n) is 8.40. The summed E-state index contributed by atoms with van der Waals surface area (Å²) < 4.78 is 0. The van der Waals surface area contributed by atoms with Crippen molar-refractivity contribution in [2.24, 2.45) is 0 Å². The molecule has 0 saturated carbocycles. The summed E-state index contributed by atoms with van der Waals surface area (Å²) in [6, 6.07) is 10.9. The minimum atomic E-state index is -0.114. The normalized spacial score (nSPS) is 14.2. The fourth-order valence-corrected chi connectivity index (χ4v) is 2.96. The maximum Gasteiger partial charge on any atom is 0.227 e. The van der Waals surface area contributed by atoms with Gasteiger partial charge in [-0.3, -0.25) is 9.59 Å². The van der Waals surface area contributed by atoms with Crippen LogP contribution in [0.25, 0.3) is 0 Å². The number of carbonyl (C=O) groups is 2. The first kappa shape index (κ1) is 18.1. The van der Waals surface area contributed by atoms with E-state index in [0.717, 1.165) is 17.1 Å². The molecule has 2 heterocycles. The molecular weight excluding hydrogens is 354 g/mol. The zero-order valence-electron chi connectivity index (χ0n) is 14.5. The maximum absolute atomic E-state index is 12.5. The lowest BCUT2D eigenvalue weighted by Gasteiger charge is -2.35. The van der Waals surface area contributed by atoms with Gasteiger partial charge in [-0.15, -0.1) is 10.2 Å². The Morgan fingerprint density at radius 1 is 1.04 bits per heavy atom. The molecule has 2 aromatic rings. The molecule has 0 spiro atoms. The van der Waals surface area contributed by atoms with Crippen LogP contribution < -0.4 is 10.2 Å². The molecule has 2 amide bonds. The molecule has 1 aliphatic heterocycles. The van der Waals surface area contributed by atoms with Crippen molar-refractivity contribution < 1.29 is 9.59 Å². The van der Waals surface area contributed by atoms with Crippen LogP contribution in [-0.2, 0) is 16.0 Å². The SMILES string of the molecule is CC(=O)Nc1ccc(CC(=O)N2CCN(c3ccc(Cl)nn3)CC2)cc1. The fourth-order valence-electron chi connectivity index (χ4n) is 2.86. The van der Waals surface area contributed by atoms with Gasteiger partial charge in [-0.25, -0.2) is 0 Å². The maximum atomic E-state index is 12.5. The molecule has 0 radical (unpaired) electrons. The summed E-state index contributed by atoms with van der Waals surface area (Å²) in [5.41, 5.74) is 1.65. The van der Waals surface area contributed by atoms with Crippen molar-refractivity contribution in [3.8, 4) is 0 Å². The number of anilines is 2. The van der Waals surface area contributed by atoms with E-state index in [4.69, 9.17) is 11.6 Å². The van der Waals surface area contributed by atoms with Gasteiger partial charge in [0, 0.05) is 38.8 Å². The first-order valence-corrected chi connectivity index (χ1v) is 8.77. The summed E-state index contributed by atoms with van der Waals surface area (Å²) in [6.45, 7) is 4.18. The van der Waals surface area contributed by atoms with Gasteiger partial charge < -0.3 is 15.1 Å².